The second kappa shape index (κ2) is 10.1. The van der Waals surface area contributed by atoms with Crippen LogP contribution in [0.25, 0.3) is 0 Å². The Morgan fingerprint density at radius 2 is 1.68 bits per heavy atom. The molecule has 2 bridgehead atoms. The van der Waals surface area contributed by atoms with Crippen LogP contribution in [0.2, 0.25) is 0 Å². The zero-order valence-electron chi connectivity index (χ0n) is 20.7. The van der Waals surface area contributed by atoms with Crippen molar-refractivity contribution in [2.75, 3.05) is 26.2 Å². The molecule has 1 spiro atoms. The summed E-state index contributed by atoms with van der Waals surface area (Å²) in [5.41, 5.74) is 0.512. The van der Waals surface area contributed by atoms with Crippen LogP contribution in [0.3, 0.4) is 0 Å². The van der Waals surface area contributed by atoms with Crippen LogP contribution in [0.4, 0.5) is 13.2 Å². The van der Waals surface area contributed by atoms with E-state index < -0.39 is 22.4 Å². The number of aromatic nitrogens is 1. The number of carboxylic acid groups (broad SMARTS) is 1. The zero-order valence-corrected chi connectivity index (χ0v) is 21.6. The highest BCUT2D eigenvalue weighted by atomic mass is 32.2. The summed E-state index contributed by atoms with van der Waals surface area (Å²) in [4.78, 5) is 21.5. The lowest BCUT2D eigenvalue weighted by Crippen LogP contribution is -2.66. The molecule has 0 unspecified atom stereocenters. The van der Waals surface area contributed by atoms with Crippen molar-refractivity contribution in [2.24, 2.45) is 5.41 Å². The van der Waals surface area contributed by atoms with Crippen LogP contribution in [-0.2, 0) is 15.0 Å². The van der Waals surface area contributed by atoms with Gasteiger partial charge in [-0.2, -0.15) is 30.2 Å². The van der Waals surface area contributed by atoms with Crippen LogP contribution >= 0.6 is 0 Å². The smallest absolute Gasteiger partial charge is 0.475 e. The maximum atomic E-state index is 13.4. The molecule has 1 aliphatic carbocycles. The van der Waals surface area contributed by atoms with Crippen LogP contribution in [0.1, 0.15) is 73.5 Å². The highest BCUT2D eigenvalue weighted by Gasteiger charge is 2.54. The molecule has 3 N–H and O–H groups in total. The maximum Gasteiger partial charge on any atom is 0.490 e. The molecule has 5 aliphatic rings. The molecular weight excluding hydrogens is 531 g/mol. The minimum absolute atomic E-state index is 0.0234. The average molecular weight is 564 g/mol. The average Bonchev–Trinajstić information content (AvgIpc) is 3.49. The molecule has 0 radical (unpaired) electrons. The summed E-state index contributed by atoms with van der Waals surface area (Å²) in [6, 6.07) is 1.67. The number of nitrogens with one attached hydrogen (secondary N) is 2. The van der Waals surface area contributed by atoms with Gasteiger partial charge in [-0.05, 0) is 64.5 Å². The fourth-order valence-corrected chi connectivity index (χ4v) is 8.39. The summed E-state index contributed by atoms with van der Waals surface area (Å²) in [6.45, 7) is 3.28. The summed E-state index contributed by atoms with van der Waals surface area (Å²) < 4.78 is 67.3. The summed E-state index contributed by atoms with van der Waals surface area (Å²) in [7, 11) is -3.43. The van der Waals surface area contributed by atoms with Crippen LogP contribution in [0.15, 0.2) is 10.6 Å². The first-order valence-electron chi connectivity index (χ1n) is 12.9. The van der Waals surface area contributed by atoms with E-state index in [0.29, 0.717) is 37.5 Å². The number of nitrogens with zero attached hydrogens (tertiary/aromatic N) is 3. The van der Waals surface area contributed by atoms with Crippen LogP contribution in [-0.4, -0.2) is 89.6 Å². The molecule has 38 heavy (non-hydrogen) atoms. The summed E-state index contributed by atoms with van der Waals surface area (Å²) in [5.74, 6) is -1.75. The molecule has 1 aromatic rings. The summed E-state index contributed by atoms with van der Waals surface area (Å²) in [5, 5.41) is 17.5. The van der Waals surface area contributed by atoms with Crippen molar-refractivity contribution in [1.82, 2.24) is 24.4 Å². The van der Waals surface area contributed by atoms with E-state index in [9.17, 15) is 26.4 Å². The third kappa shape index (κ3) is 5.56. The number of fused-ring (bicyclic) bond motifs is 2. The van der Waals surface area contributed by atoms with Gasteiger partial charge in [-0.15, -0.1) is 0 Å². The molecule has 0 aromatic carbocycles. The quantitative estimate of drug-likeness (QED) is 0.492. The van der Waals surface area contributed by atoms with Crippen LogP contribution in [0.5, 0.6) is 0 Å². The molecule has 1 aromatic heterocycles. The molecule has 1 saturated carbocycles. The van der Waals surface area contributed by atoms with Gasteiger partial charge in [0, 0.05) is 48.6 Å². The van der Waals surface area contributed by atoms with Gasteiger partial charge in [0.1, 0.15) is 5.76 Å². The number of carboxylic acids is 1. The van der Waals surface area contributed by atoms with Crippen molar-refractivity contribution in [3.8, 4) is 0 Å². The van der Waals surface area contributed by atoms with Gasteiger partial charge in [-0.25, -0.2) is 4.79 Å². The van der Waals surface area contributed by atoms with E-state index in [4.69, 9.17) is 14.4 Å². The number of carbonyl (C=O) groups excluding carboxylic acids is 1. The van der Waals surface area contributed by atoms with E-state index in [1.165, 1.54) is 0 Å². The molecule has 11 nitrogen and oxygen atoms in total. The fourth-order valence-electron chi connectivity index (χ4n) is 6.12. The number of rotatable bonds is 5. The Hall–Kier alpha value is -2.23. The first-order valence-corrected chi connectivity index (χ1v) is 14.3. The number of halogens is 3. The third-order valence-corrected chi connectivity index (χ3v) is 10.3. The number of piperidine rings is 2. The number of aliphatic carboxylic acids is 1. The lowest BCUT2D eigenvalue weighted by molar-refractivity contribution is -0.192. The topological polar surface area (TPSA) is 145 Å². The van der Waals surface area contributed by atoms with E-state index in [1.807, 2.05) is 0 Å². The minimum atomic E-state index is -5.08. The number of hydrogen-bond acceptors (Lipinski definition) is 7. The lowest BCUT2D eigenvalue weighted by atomic mass is 9.74. The Kier molecular flexibility index (Phi) is 7.24. The number of alkyl halides is 3. The molecule has 5 fully saturated rings. The molecule has 15 heteroatoms. The third-order valence-electron chi connectivity index (χ3n) is 8.26. The summed E-state index contributed by atoms with van der Waals surface area (Å²) in [6.07, 6.45) is 2.30. The molecule has 3 atom stereocenters. The van der Waals surface area contributed by atoms with Crippen molar-refractivity contribution in [1.29, 1.82) is 0 Å². The van der Waals surface area contributed by atoms with Gasteiger partial charge in [0.2, 0.25) is 0 Å². The van der Waals surface area contributed by atoms with E-state index in [2.05, 4.69) is 15.8 Å². The van der Waals surface area contributed by atoms with E-state index >= 15 is 0 Å². The van der Waals surface area contributed by atoms with Crippen LogP contribution in [0, 0.1) is 5.41 Å². The number of carbonyl (C=O) groups is 2. The Bertz CT molecular complexity index is 1140. The molecule has 5 heterocycles. The SMILES string of the molecule is O=C(N[C@H]1C[C@H]2CC[C@@H](C1)N2S(=O)(=O)N1CC2(CCNCC2)C1)c1cc(C2CC2)on1.O=C(O)C(F)(F)F. The van der Waals surface area contributed by atoms with Crippen LogP contribution < -0.4 is 10.6 Å². The molecule has 6 rings (SSSR count). The van der Waals surface area contributed by atoms with Gasteiger partial charge in [-0.3, -0.25) is 4.79 Å². The molecule has 4 saturated heterocycles. The highest BCUT2D eigenvalue weighted by molar-refractivity contribution is 7.86. The molecule has 212 valence electrons. The van der Waals surface area contributed by atoms with Gasteiger partial charge in [0.25, 0.3) is 16.1 Å². The largest absolute Gasteiger partial charge is 0.490 e. The van der Waals surface area contributed by atoms with Gasteiger partial charge < -0.3 is 20.3 Å². The van der Waals surface area contributed by atoms with E-state index in [0.717, 1.165) is 57.4 Å². The van der Waals surface area contributed by atoms with E-state index in [1.54, 1.807) is 14.7 Å². The van der Waals surface area contributed by atoms with Crippen molar-refractivity contribution in [2.45, 2.75) is 81.6 Å². The van der Waals surface area contributed by atoms with Gasteiger partial charge >= 0.3 is 12.1 Å². The Balaban J connectivity index is 0.000000374. The van der Waals surface area contributed by atoms with E-state index in [-0.39, 0.29) is 29.4 Å². The Labute approximate surface area is 218 Å². The first-order chi connectivity index (χ1) is 17.9. The van der Waals surface area contributed by atoms with Gasteiger partial charge in [0.05, 0.1) is 0 Å². The Morgan fingerprint density at radius 1 is 1.11 bits per heavy atom. The number of hydrogen-bond donors (Lipinski definition) is 3. The van der Waals surface area contributed by atoms with Crippen molar-refractivity contribution in [3.63, 3.8) is 0 Å². The van der Waals surface area contributed by atoms with Crippen molar-refractivity contribution in [3.05, 3.63) is 17.5 Å². The number of amides is 1. The van der Waals surface area contributed by atoms with Crippen molar-refractivity contribution >= 4 is 22.1 Å². The normalized spacial score (nSPS) is 29.3. The van der Waals surface area contributed by atoms with Gasteiger partial charge in [0.15, 0.2) is 5.69 Å². The lowest BCUT2D eigenvalue weighted by Gasteiger charge is -2.53. The second-order valence-corrected chi connectivity index (χ2v) is 12.9. The molecule has 4 aliphatic heterocycles. The second-order valence-electron chi connectivity index (χ2n) is 11.1. The first kappa shape index (κ1) is 27.3. The highest BCUT2D eigenvalue weighted by Crippen LogP contribution is 2.45. The van der Waals surface area contributed by atoms with Crippen molar-refractivity contribution < 1.29 is 40.8 Å². The maximum absolute atomic E-state index is 13.4. The van der Waals surface area contributed by atoms with Gasteiger partial charge in [-0.1, -0.05) is 5.16 Å². The molecular formula is C23H32F3N5O6S. The zero-order chi connectivity index (χ0) is 27.3. The predicted octanol–water partition coefficient (Wildman–Crippen LogP) is 1.84. The molecule has 1 amide bonds. The predicted molar refractivity (Wildman–Crippen MR) is 126 cm³/mol. The monoisotopic (exact) mass is 563 g/mol. The standard InChI is InChI=1S/C21H31N5O4S.C2HF3O2/c27-20(18-11-19(30-24-18)14-1-2-14)23-15-9-16-3-4-17(10-15)26(16)31(28,29)25-12-21(13-25)5-7-22-8-6-21;3-2(4,5)1(6)7/h11,14-17,22H,1-10,12-13H2,(H,23,27);(H,6,7)/t15-,16+,17-;. The minimum Gasteiger partial charge on any atom is -0.475 e. The Morgan fingerprint density at radius 3 is 2.21 bits per heavy atom. The fraction of sp³-hybridized carbons (Fsp3) is 0.783. The summed E-state index contributed by atoms with van der Waals surface area (Å²) >= 11 is 0.